The maximum absolute atomic E-state index is 12.6. The first-order chi connectivity index (χ1) is 12.6. The molecule has 0 saturated carbocycles. The van der Waals surface area contributed by atoms with Gasteiger partial charge in [0.05, 0.1) is 0 Å². The predicted octanol–water partition coefficient (Wildman–Crippen LogP) is 1.04. The topological polar surface area (TPSA) is 120 Å². The number of thioether (sulfide) groups is 1. The van der Waals surface area contributed by atoms with Gasteiger partial charge in [-0.05, 0) is 0 Å². The molecule has 4 N–H and O–H groups in total. The zero-order valence-corrected chi connectivity index (χ0v) is 19.4. The zero-order valence-electron chi connectivity index (χ0n) is 16.8. The Kier molecular flexibility index (Phi) is 13.8. The van der Waals surface area contributed by atoms with Crippen molar-refractivity contribution in [3.8, 4) is 0 Å². The van der Waals surface area contributed by atoms with E-state index in [1.54, 1.807) is 32.5 Å². The van der Waals surface area contributed by atoms with Gasteiger partial charge in [-0.25, -0.2) is 0 Å². The summed E-state index contributed by atoms with van der Waals surface area (Å²) in [6.45, 7) is 5.80. The quantitative estimate of drug-likeness (QED) is 0.208. The number of ether oxygens (including phenoxy) is 2. The number of alkyl carbamates (subject to hydrolysis) is 1. The minimum atomic E-state index is -0.681. The van der Waals surface area contributed by atoms with Crippen LogP contribution in [-0.2, 0) is 19.1 Å². The molecule has 0 aliphatic rings. The number of carbonyl (C=O) groups excluding carboxylic acids is 3. The summed E-state index contributed by atoms with van der Waals surface area (Å²) in [7, 11) is 1.32. The standard InChI is InChI=1S/C17H33N3O5SSe/c1-17(2,3)25-16(23)19-13(8-6-7-10-18)15(22)27-20-12(9-11-26-5)14(21)24-4/h12-13,20H,6-11,18H2,1-5H3,(H,19,23)/t12-,13-/m0/s1. The van der Waals surface area contributed by atoms with E-state index < -0.39 is 44.9 Å². The first-order valence-electron chi connectivity index (χ1n) is 8.87. The number of methoxy groups -OCH3 is 1. The molecule has 0 aliphatic heterocycles. The van der Waals surface area contributed by atoms with Crippen LogP contribution in [0, 0.1) is 0 Å². The van der Waals surface area contributed by atoms with Crippen LogP contribution in [0.25, 0.3) is 0 Å². The molecule has 10 heteroatoms. The van der Waals surface area contributed by atoms with Crippen molar-refractivity contribution in [3.05, 3.63) is 0 Å². The van der Waals surface area contributed by atoms with Gasteiger partial charge in [0.15, 0.2) is 0 Å². The van der Waals surface area contributed by atoms with Crippen LogP contribution in [0.3, 0.4) is 0 Å². The van der Waals surface area contributed by atoms with Gasteiger partial charge in [0.2, 0.25) is 0 Å². The van der Waals surface area contributed by atoms with Gasteiger partial charge in [-0.2, -0.15) is 0 Å². The van der Waals surface area contributed by atoms with Gasteiger partial charge >= 0.3 is 173 Å². The van der Waals surface area contributed by atoms with Crippen molar-refractivity contribution < 1.29 is 23.9 Å². The fourth-order valence-electron chi connectivity index (χ4n) is 1.99. The van der Waals surface area contributed by atoms with E-state index in [0.717, 1.165) is 12.2 Å². The van der Waals surface area contributed by atoms with Crippen molar-refractivity contribution in [2.45, 2.75) is 64.1 Å². The Morgan fingerprint density at radius 2 is 1.81 bits per heavy atom. The van der Waals surface area contributed by atoms with E-state index in [1.807, 2.05) is 6.26 Å². The van der Waals surface area contributed by atoms with E-state index >= 15 is 0 Å². The summed E-state index contributed by atoms with van der Waals surface area (Å²) in [5.74, 6) is 0.381. The number of hydrogen-bond acceptors (Lipinski definition) is 8. The van der Waals surface area contributed by atoms with Crippen molar-refractivity contribution in [3.63, 3.8) is 0 Å². The van der Waals surface area contributed by atoms with Crippen LogP contribution in [0.15, 0.2) is 0 Å². The van der Waals surface area contributed by atoms with Gasteiger partial charge in [0.1, 0.15) is 0 Å². The fourth-order valence-corrected chi connectivity index (χ4v) is 4.13. The van der Waals surface area contributed by atoms with Crippen LogP contribution >= 0.6 is 11.8 Å². The molecule has 158 valence electrons. The SMILES string of the molecule is COC(=O)[C@H](CCSC)N[Se]C(=O)[C@H](CCCCN)NC(=O)OC(C)(C)C. The van der Waals surface area contributed by atoms with Gasteiger partial charge in [0.25, 0.3) is 0 Å². The molecule has 0 saturated heterocycles. The van der Waals surface area contributed by atoms with E-state index in [9.17, 15) is 14.4 Å². The molecule has 8 nitrogen and oxygen atoms in total. The molecule has 1 amide bonds. The molecule has 0 aromatic rings. The summed E-state index contributed by atoms with van der Waals surface area (Å²) >= 11 is 0.934. The van der Waals surface area contributed by atoms with E-state index in [0.29, 0.717) is 25.8 Å². The molecule has 0 bridgehead atoms. The second-order valence-electron chi connectivity index (χ2n) is 6.88. The molecule has 0 heterocycles. The molecule has 0 aromatic carbocycles. The third-order valence-electron chi connectivity index (χ3n) is 3.32. The second kappa shape index (κ2) is 14.2. The summed E-state index contributed by atoms with van der Waals surface area (Å²) in [5, 5.41) is 2.65. The van der Waals surface area contributed by atoms with Gasteiger partial charge < -0.3 is 0 Å². The number of hydrogen-bond donors (Lipinski definition) is 3. The van der Waals surface area contributed by atoms with Crippen molar-refractivity contribution in [1.82, 2.24) is 9.65 Å². The van der Waals surface area contributed by atoms with Crippen LogP contribution < -0.4 is 15.4 Å². The molecule has 0 aliphatic carbocycles. The summed E-state index contributed by atoms with van der Waals surface area (Å²) in [6, 6.07) is -1.20. The van der Waals surface area contributed by atoms with Crippen LogP contribution in [0.5, 0.6) is 0 Å². The molecule has 27 heavy (non-hydrogen) atoms. The Bertz CT molecular complexity index is 474. The molecule has 0 aromatic heterocycles. The van der Waals surface area contributed by atoms with Crippen LogP contribution in [-0.4, -0.2) is 75.3 Å². The first-order valence-corrected chi connectivity index (χ1v) is 12.0. The van der Waals surface area contributed by atoms with Crippen molar-refractivity contribution in [2.75, 3.05) is 25.7 Å². The number of unbranched alkanes of at least 4 members (excludes halogenated alkanes) is 1. The average Bonchev–Trinajstić information content (AvgIpc) is 2.58. The monoisotopic (exact) mass is 471 g/mol. The molecule has 0 fully saturated rings. The van der Waals surface area contributed by atoms with E-state index in [4.69, 9.17) is 15.2 Å². The third-order valence-corrected chi connectivity index (χ3v) is 5.83. The molecule has 0 unspecified atom stereocenters. The number of nitrogens with one attached hydrogen (secondary N) is 2. The van der Waals surface area contributed by atoms with Crippen LogP contribution in [0.4, 0.5) is 4.79 Å². The third kappa shape index (κ3) is 13.1. The zero-order chi connectivity index (χ0) is 20.9. The van der Waals surface area contributed by atoms with E-state index in [-0.39, 0.29) is 4.68 Å². The normalized spacial score (nSPS) is 13.6. The van der Waals surface area contributed by atoms with Gasteiger partial charge in [-0.15, -0.1) is 0 Å². The van der Waals surface area contributed by atoms with Crippen molar-refractivity contribution in [1.29, 1.82) is 0 Å². The Hall–Kier alpha value is -0.801. The molecule has 2 atom stereocenters. The van der Waals surface area contributed by atoms with E-state index in [1.165, 1.54) is 7.11 Å². The number of nitrogens with two attached hydrogens (primary N) is 1. The predicted molar refractivity (Wildman–Crippen MR) is 109 cm³/mol. The Balaban J connectivity index is 4.83. The Labute approximate surface area is 172 Å². The van der Waals surface area contributed by atoms with Crippen molar-refractivity contribution in [2.24, 2.45) is 5.73 Å². The van der Waals surface area contributed by atoms with Crippen molar-refractivity contribution >= 4 is 43.7 Å². The minimum absolute atomic E-state index is 0.150. The van der Waals surface area contributed by atoms with Gasteiger partial charge in [-0.3, -0.25) is 0 Å². The maximum atomic E-state index is 12.6. The number of esters is 1. The molecular formula is C17H33N3O5SSe. The summed E-state index contributed by atoms with van der Waals surface area (Å²) in [6.07, 6.45) is 3.84. The number of carbonyl (C=O) groups is 3. The molecule has 0 rings (SSSR count). The molecule has 0 spiro atoms. The summed E-state index contributed by atoms with van der Waals surface area (Å²) in [5.41, 5.74) is 4.86. The summed E-state index contributed by atoms with van der Waals surface area (Å²) < 4.78 is 12.9. The number of amides is 1. The van der Waals surface area contributed by atoms with Gasteiger partial charge in [-0.1, -0.05) is 0 Å². The molecule has 0 radical (unpaired) electrons. The number of rotatable bonds is 13. The van der Waals surface area contributed by atoms with Gasteiger partial charge in [0, 0.05) is 0 Å². The van der Waals surface area contributed by atoms with Crippen LogP contribution in [0.2, 0.25) is 0 Å². The molecular weight excluding hydrogens is 437 g/mol. The second-order valence-corrected chi connectivity index (χ2v) is 9.63. The summed E-state index contributed by atoms with van der Waals surface area (Å²) in [4.78, 5) is 36.5. The Morgan fingerprint density at radius 3 is 2.33 bits per heavy atom. The fraction of sp³-hybridized carbons (Fsp3) is 0.824. The first kappa shape index (κ1) is 26.2. The van der Waals surface area contributed by atoms with Crippen LogP contribution in [0.1, 0.15) is 46.5 Å². The average molecular weight is 470 g/mol. The Morgan fingerprint density at radius 1 is 1.15 bits per heavy atom. The van der Waals surface area contributed by atoms with E-state index in [2.05, 4.69) is 9.65 Å².